The molecule has 0 aliphatic heterocycles. The van der Waals surface area contributed by atoms with Crippen LogP contribution in [-0.2, 0) is 14.6 Å². The van der Waals surface area contributed by atoms with Crippen LogP contribution in [0.25, 0.3) is 0 Å². The van der Waals surface area contributed by atoms with Crippen molar-refractivity contribution in [2.45, 2.75) is 4.90 Å². The summed E-state index contributed by atoms with van der Waals surface area (Å²) < 4.78 is 22.7. The van der Waals surface area contributed by atoms with E-state index in [1.54, 1.807) is 18.2 Å². The summed E-state index contributed by atoms with van der Waals surface area (Å²) in [7, 11) is -3.87. The van der Waals surface area contributed by atoms with Gasteiger partial charge >= 0.3 is 0 Å². The predicted octanol–water partition coefficient (Wildman–Crippen LogP) is 2.31. The molecule has 0 atom stereocenters. The summed E-state index contributed by atoms with van der Waals surface area (Å²) in [6, 6.07) is 7.50. The highest BCUT2D eigenvalue weighted by molar-refractivity contribution is 7.97. The maximum Gasteiger partial charge on any atom is 0.218 e. The molecule has 0 unspecified atom stereocenters. The zero-order valence-electron chi connectivity index (χ0n) is 7.35. The Morgan fingerprint density at radius 1 is 1.13 bits per heavy atom. The number of sulfone groups is 1. The normalized spacial score (nSPS) is 13.2. The molecule has 80 valence electrons. The van der Waals surface area contributed by atoms with E-state index in [1.807, 2.05) is 0 Å². The van der Waals surface area contributed by atoms with Crippen LogP contribution >= 0.6 is 23.2 Å². The lowest BCUT2D eigenvalue weighted by atomic mass is 10.4. The molecular formula is C9H6Cl2O3S. The van der Waals surface area contributed by atoms with Crippen LogP contribution in [0.1, 0.15) is 0 Å². The lowest BCUT2D eigenvalue weighted by Crippen LogP contribution is -2.02. The first-order valence-electron chi connectivity index (χ1n) is 3.80. The van der Waals surface area contributed by atoms with Crippen LogP contribution < -0.4 is 0 Å². The van der Waals surface area contributed by atoms with Crippen LogP contribution in [0.4, 0.5) is 0 Å². The summed E-state index contributed by atoms with van der Waals surface area (Å²) in [6.45, 7) is 0. The molecule has 0 saturated heterocycles. The van der Waals surface area contributed by atoms with Gasteiger partial charge in [-0.25, -0.2) is 8.42 Å². The number of allylic oxidation sites excluding steroid dienone is 1. The highest BCUT2D eigenvalue weighted by Gasteiger charge is 2.21. The molecule has 0 aliphatic rings. The third-order valence-electron chi connectivity index (χ3n) is 1.58. The second-order valence-corrected chi connectivity index (χ2v) is 5.45. The predicted molar refractivity (Wildman–Crippen MR) is 58.4 cm³/mol. The molecule has 0 spiro atoms. The van der Waals surface area contributed by atoms with Gasteiger partial charge in [-0.1, -0.05) is 41.4 Å². The summed E-state index contributed by atoms with van der Waals surface area (Å²) in [5.41, 5.74) is 0. The number of hydrogen-bond donors (Lipinski definition) is 0. The third kappa shape index (κ3) is 2.59. The average Bonchev–Trinajstić information content (AvgIpc) is 2.28. The minimum atomic E-state index is -3.87. The molecule has 0 aromatic heterocycles. The lowest BCUT2D eigenvalue weighted by molar-refractivity contribution is -0.104. The number of carbonyl (C=O) groups is 1. The van der Waals surface area contributed by atoms with Crippen molar-refractivity contribution >= 4 is 39.3 Å². The van der Waals surface area contributed by atoms with Crippen molar-refractivity contribution < 1.29 is 13.2 Å². The van der Waals surface area contributed by atoms with E-state index < -0.39 is 19.2 Å². The first kappa shape index (κ1) is 12.2. The Hall–Kier alpha value is -0.840. The first-order valence-corrected chi connectivity index (χ1v) is 6.04. The summed E-state index contributed by atoms with van der Waals surface area (Å²) in [4.78, 5) is 10.3. The number of carbonyl (C=O) groups excluding carboxylic acids is 1. The van der Waals surface area contributed by atoms with Crippen molar-refractivity contribution in [3.8, 4) is 0 Å². The van der Waals surface area contributed by atoms with E-state index in [2.05, 4.69) is 0 Å². The van der Waals surface area contributed by atoms with E-state index in [0.29, 0.717) is 0 Å². The molecule has 6 heteroatoms. The summed E-state index contributed by atoms with van der Waals surface area (Å²) in [5.74, 6) is 0. The molecule has 1 rings (SSSR count). The van der Waals surface area contributed by atoms with Gasteiger partial charge in [-0.05, 0) is 12.1 Å². The largest absolute Gasteiger partial charge is 0.297 e. The van der Waals surface area contributed by atoms with Crippen molar-refractivity contribution in [3.05, 3.63) is 39.7 Å². The van der Waals surface area contributed by atoms with Crippen molar-refractivity contribution in [1.29, 1.82) is 0 Å². The lowest BCUT2D eigenvalue weighted by Gasteiger charge is -2.02. The molecule has 1 aromatic carbocycles. The van der Waals surface area contributed by atoms with E-state index in [1.165, 1.54) is 12.1 Å². The SMILES string of the molecule is O=CC(Cl)=C(Cl)S(=O)(=O)c1ccccc1. The Morgan fingerprint density at radius 2 is 1.67 bits per heavy atom. The highest BCUT2D eigenvalue weighted by atomic mass is 35.5. The van der Waals surface area contributed by atoms with Gasteiger partial charge in [0.05, 0.1) is 4.90 Å². The Morgan fingerprint density at radius 3 is 2.13 bits per heavy atom. The molecule has 3 nitrogen and oxygen atoms in total. The molecule has 0 amide bonds. The molecule has 0 fully saturated rings. The monoisotopic (exact) mass is 264 g/mol. The van der Waals surface area contributed by atoms with E-state index in [0.717, 1.165) is 0 Å². The number of rotatable bonds is 3. The van der Waals surface area contributed by atoms with E-state index in [4.69, 9.17) is 23.2 Å². The van der Waals surface area contributed by atoms with Gasteiger partial charge in [0.15, 0.2) is 10.7 Å². The molecule has 0 saturated carbocycles. The summed E-state index contributed by atoms with van der Waals surface area (Å²) >= 11 is 10.8. The number of benzene rings is 1. The van der Waals surface area contributed by atoms with Crippen LogP contribution in [0.5, 0.6) is 0 Å². The second kappa shape index (κ2) is 4.79. The Labute approximate surface area is 97.2 Å². The Balaban J connectivity index is 3.34. The second-order valence-electron chi connectivity index (χ2n) is 2.56. The molecule has 1 aromatic rings. The minimum Gasteiger partial charge on any atom is -0.297 e. The van der Waals surface area contributed by atoms with Crippen molar-refractivity contribution in [2.75, 3.05) is 0 Å². The first-order chi connectivity index (χ1) is 7.00. The van der Waals surface area contributed by atoms with Crippen molar-refractivity contribution in [2.24, 2.45) is 0 Å². The minimum absolute atomic E-state index is 0.00463. The Kier molecular flexibility index (Phi) is 3.90. The fourth-order valence-corrected chi connectivity index (χ4v) is 2.52. The smallest absolute Gasteiger partial charge is 0.218 e. The summed E-state index contributed by atoms with van der Waals surface area (Å²) in [5, 5.41) is -0.527. The summed E-state index contributed by atoms with van der Waals surface area (Å²) in [6.07, 6.45) is 0.185. The number of aldehydes is 1. The zero-order chi connectivity index (χ0) is 11.5. The Bertz CT molecular complexity index is 491. The highest BCUT2D eigenvalue weighted by Crippen LogP contribution is 2.25. The van der Waals surface area contributed by atoms with E-state index in [-0.39, 0.29) is 11.2 Å². The maximum atomic E-state index is 11.7. The molecule has 15 heavy (non-hydrogen) atoms. The molecule has 0 radical (unpaired) electrons. The molecule has 0 bridgehead atoms. The topological polar surface area (TPSA) is 51.2 Å². The van der Waals surface area contributed by atoms with Gasteiger partial charge in [0, 0.05) is 0 Å². The van der Waals surface area contributed by atoms with Crippen LogP contribution in [0, 0.1) is 0 Å². The van der Waals surface area contributed by atoms with Gasteiger partial charge in [-0.2, -0.15) is 0 Å². The average molecular weight is 265 g/mol. The van der Waals surface area contributed by atoms with Crippen LogP contribution in [0.2, 0.25) is 0 Å². The molecule has 0 aliphatic carbocycles. The van der Waals surface area contributed by atoms with Crippen molar-refractivity contribution in [1.82, 2.24) is 0 Å². The van der Waals surface area contributed by atoms with Gasteiger partial charge in [0.1, 0.15) is 5.03 Å². The fraction of sp³-hybridized carbons (Fsp3) is 0. The molecular weight excluding hydrogens is 259 g/mol. The quantitative estimate of drug-likeness (QED) is 0.622. The van der Waals surface area contributed by atoms with E-state index >= 15 is 0 Å². The van der Waals surface area contributed by atoms with Gasteiger partial charge in [0.25, 0.3) is 0 Å². The van der Waals surface area contributed by atoms with Crippen LogP contribution in [0.3, 0.4) is 0 Å². The number of hydrogen-bond acceptors (Lipinski definition) is 3. The molecule has 0 N–H and O–H groups in total. The zero-order valence-corrected chi connectivity index (χ0v) is 9.68. The van der Waals surface area contributed by atoms with Gasteiger partial charge < -0.3 is 0 Å². The van der Waals surface area contributed by atoms with Gasteiger partial charge in [0.2, 0.25) is 9.84 Å². The van der Waals surface area contributed by atoms with E-state index in [9.17, 15) is 13.2 Å². The van der Waals surface area contributed by atoms with Gasteiger partial charge in [-0.3, -0.25) is 4.79 Å². The number of halogens is 2. The molecule has 0 heterocycles. The van der Waals surface area contributed by atoms with Gasteiger partial charge in [-0.15, -0.1) is 0 Å². The third-order valence-corrected chi connectivity index (χ3v) is 4.47. The van der Waals surface area contributed by atoms with Crippen LogP contribution in [-0.4, -0.2) is 14.7 Å². The fourth-order valence-electron chi connectivity index (χ4n) is 0.878. The van der Waals surface area contributed by atoms with Crippen LogP contribution in [0.15, 0.2) is 44.6 Å². The maximum absolute atomic E-state index is 11.7. The standard InChI is InChI=1S/C9H6Cl2O3S/c10-8(6-12)9(11)15(13,14)7-4-2-1-3-5-7/h1-6H. The van der Waals surface area contributed by atoms with Crippen molar-refractivity contribution in [3.63, 3.8) is 0 Å².